The molecule has 0 saturated carbocycles. The first-order valence-corrected chi connectivity index (χ1v) is 9.59. The molecule has 0 unspecified atom stereocenters. The first-order valence-electron chi connectivity index (χ1n) is 8.23. The average molecular weight is 422 g/mol. The van der Waals surface area contributed by atoms with Gasteiger partial charge in [0.2, 0.25) is 5.91 Å². The van der Waals surface area contributed by atoms with Gasteiger partial charge < -0.3 is 5.32 Å². The van der Waals surface area contributed by atoms with E-state index < -0.39 is 18.6 Å². The van der Waals surface area contributed by atoms with Crippen LogP contribution in [-0.2, 0) is 11.3 Å². The number of nitrogens with zero attached hydrogens (tertiary/aromatic N) is 2. The second-order valence-electron chi connectivity index (χ2n) is 6.38. The zero-order chi connectivity index (χ0) is 20.2. The largest absolute Gasteiger partial charge is 0.405 e. The molecule has 1 N–H and O–H groups in total. The number of carbonyl (C=O) groups is 1. The molecule has 1 aromatic carbocycles. The molecular weight excluding hydrogens is 403 g/mol. The van der Waals surface area contributed by atoms with Crippen molar-refractivity contribution in [3.8, 4) is 0 Å². The molecule has 2 rings (SSSR count). The highest BCUT2D eigenvalue weighted by Gasteiger charge is 2.27. The van der Waals surface area contributed by atoms with Crippen molar-refractivity contribution in [3.05, 3.63) is 33.6 Å². The van der Waals surface area contributed by atoms with Crippen molar-refractivity contribution >= 4 is 40.2 Å². The number of aromatic nitrogens is 2. The molecule has 0 aliphatic heterocycles. The zero-order valence-corrected chi connectivity index (χ0v) is 16.3. The van der Waals surface area contributed by atoms with Gasteiger partial charge in [0, 0.05) is 11.6 Å². The van der Waals surface area contributed by atoms with E-state index in [-0.39, 0.29) is 16.5 Å². The van der Waals surface area contributed by atoms with Gasteiger partial charge in [-0.25, -0.2) is 4.98 Å². The lowest BCUT2D eigenvalue weighted by Crippen LogP contribution is -2.35. The van der Waals surface area contributed by atoms with Crippen LogP contribution in [0, 0.1) is 5.92 Å². The lowest BCUT2D eigenvalue weighted by atomic mass is 10.1. The first kappa shape index (κ1) is 21.6. The molecule has 1 aromatic heterocycles. The van der Waals surface area contributed by atoms with Gasteiger partial charge in [-0.3, -0.25) is 14.2 Å². The maximum absolute atomic E-state index is 12.8. The number of alkyl halides is 3. The van der Waals surface area contributed by atoms with Crippen LogP contribution in [0.5, 0.6) is 0 Å². The van der Waals surface area contributed by atoms with E-state index in [2.05, 4.69) is 4.98 Å². The quantitative estimate of drug-likeness (QED) is 0.544. The Hall–Kier alpha value is -1.74. The minimum Gasteiger partial charge on any atom is -0.346 e. The Balaban J connectivity index is 2.27. The predicted octanol–water partition coefficient (Wildman–Crippen LogP) is 3.87. The molecule has 0 bridgehead atoms. The van der Waals surface area contributed by atoms with E-state index in [1.54, 1.807) is 23.5 Å². The number of thioether (sulfide) groups is 1. The third-order valence-electron chi connectivity index (χ3n) is 3.63. The van der Waals surface area contributed by atoms with Crippen LogP contribution in [0.15, 0.2) is 28.2 Å². The summed E-state index contributed by atoms with van der Waals surface area (Å²) in [4.78, 5) is 28.9. The second kappa shape index (κ2) is 8.97. The third kappa shape index (κ3) is 6.42. The van der Waals surface area contributed by atoms with E-state index in [9.17, 15) is 22.8 Å². The van der Waals surface area contributed by atoms with Crippen LogP contribution < -0.4 is 10.9 Å². The fraction of sp³-hybridized carbons (Fsp3) is 0.471. The molecule has 27 heavy (non-hydrogen) atoms. The summed E-state index contributed by atoms with van der Waals surface area (Å²) in [6, 6.07) is 4.72. The third-order valence-corrected chi connectivity index (χ3v) is 4.84. The molecule has 0 atom stereocenters. The summed E-state index contributed by atoms with van der Waals surface area (Å²) >= 11 is 6.87. The van der Waals surface area contributed by atoms with Gasteiger partial charge in [-0.05, 0) is 30.5 Å². The van der Waals surface area contributed by atoms with Crippen LogP contribution >= 0.6 is 23.4 Å². The number of halogens is 4. The number of hydrogen-bond donors (Lipinski definition) is 1. The number of nitrogens with one attached hydrogen (secondary N) is 1. The van der Waals surface area contributed by atoms with E-state index in [1.807, 2.05) is 13.8 Å². The molecule has 0 aliphatic rings. The Morgan fingerprint density at radius 1 is 1.37 bits per heavy atom. The van der Waals surface area contributed by atoms with Gasteiger partial charge in [0.05, 0.1) is 16.7 Å². The zero-order valence-electron chi connectivity index (χ0n) is 14.8. The number of fused-ring (bicyclic) bond motifs is 1. The van der Waals surface area contributed by atoms with Gasteiger partial charge in [0.25, 0.3) is 5.56 Å². The van der Waals surface area contributed by atoms with Crippen LogP contribution in [0.2, 0.25) is 5.02 Å². The minimum atomic E-state index is -4.47. The van der Waals surface area contributed by atoms with Gasteiger partial charge in [0.1, 0.15) is 6.54 Å². The minimum absolute atomic E-state index is 0.268. The molecule has 1 heterocycles. The fourth-order valence-electron chi connectivity index (χ4n) is 2.25. The van der Waals surface area contributed by atoms with E-state index >= 15 is 0 Å². The molecule has 0 aliphatic carbocycles. The van der Waals surface area contributed by atoms with Gasteiger partial charge in [0.15, 0.2) is 5.16 Å². The van der Waals surface area contributed by atoms with Gasteiger partial charge in [-0.1, -0.05) is 37.2 Å². The molecule has 10 heteroatoms. The Morgan fingerprint density at radius 3 is 2.70 bits per heavy atom. The van der Waals surface area contributed by atoms with Crippen molar-refractivity contribution < 1.29 is 18.0 Å². The first-order chi connectivity index (χ1) is 12.6. The van der Waals surface area contributed by atoms with Crippen molar-refractivity contribution in [2.45, 2.75) is 38.1 Å². The maximum atomic E-state index is 12.8. The number of amides is 1. The predicted molar refractivity (Wildman–Crippen MR) is 100 cm³/mol. The summed E-state index contributed by atoms with van der Waals surface area (Å²) in [5.74, 6) is -0.727. The van der Waals surface area contributed by atoms with Gasteiger partial charge in [-0.15, -0.1) is 0 Å². The summed E-state index contributed by atoms with van der Waals surface area (Å²) in [6.07, 6.45) is -3.76. The SMILES string of the molecule is CC(C)CCn1c(SCC(=O)NCC(F)(F)F)nc2cc(Cl)ccc2c1=O. The molecular formula is C17H19ClF3N3O2S. The Kier molecular flexibility index (Phi) is 7.16. The molecule has 148 valence electrons. The summed E-state index contributed by atoms with van der Waals surface area (Å²) < 4.78 is 38.0. The second-order valence-corrected chi connectivity index (χ2v) is 7.75. The lowest BCUT2D eigenvalue weighted by Gasteiger charge is -2.14. The molecule has 5 nitrogen and oxygen atoms in total. The van der Waals surface area contributed by atoms with Crippen molar-refractivity contribution in [2.75, 3.05) is 12.3 Å². The number of hydrogen-bond acceptors (Lipinski definition) is 4. The highest BCUT2D eigenvalue weighted by Crippen LogP contribution is 2.21. The summed E-state index contributed by atoms with van der Waals surface area (Å²) in [5.41, 5.74) is 0.113. The van der Waals surface area contributed by atoms with E-state index in [4.69, 9.17) is 11.6 Å². The van der Waals surface area contributed by atoms with Crippen molar-refractivity contribution in [1.82, 2.24) is 14.9 Å². The van der Waals surface area contributed by atoms with Crippen molar-refractivity contribution in [3.63, 3.8) is 0 Å². The van der Waals surface area contributed by atoms with Gasteiger partial charge >= 0.3 is 6.18 Å². The fourth-order valence-corrected chi connectivity index (χ4v) is 3.27. The summed E-state index contributed by atoms with van der Waals surface area (Å²) in [7, 11) is 0. The maximum Gasteiger partial charge on any atom is 0.405 e. The lowest BCUT2D eigenvalue weighted by molar-refractivity contribution is -0.136. The Morgan fingerprint density at radius 2 is 2.07 bits per heavy atom. The summed E-state index contributed by atoms with van der Waals surface area (Å²) in [6.45, 7) is 3.02. The van der Waals surface area contributed by atoms with Crippen LogP contribution in [-0.4, -0.2) is 33.9 Å². The molecule has 0 radical (unpaired) electrons. The van der Waals surface area contributed by atoms with E-state index in [0.717, 1.165) is 11.8 Å². The molecule has 0 saturated heterocycles. The van der Waals surface area contributed by atoms with Crippen LogP contribution in [0.3, 0.4) is 0 Å². The molecule has 0 spiro atoms. The number of carbonyl (C=O) groups excluding carboxylic acids is 1. The average Bonchev–Trinajstić information content (AvgIpc) is 2.56. The smallest absolute Gasteiger partial charge is 0.346 e. The van der Waals surface area contributed by atoms with Crippen LogP contribution in [0.1, 0.15) is 20.3 Å². The normalized spacial score (nSPS) is 12.0. The standard InChI is InChI=1S/C17H19ClF3N3O2S/c1-10(2)5-6-24-15(26)12-4-3-11(18)7-13(12)23-16(24)27-8-14(25)22-9-17(19,20)21/h3-4,7,10H,5-6,8-9H2,1-2H3,(H,22,25). The van der Waals surface area contributed by atoms with Gasteiger partial charge in [-0.2, -0.15) is 13.2 Å². The Labute approximate surface area is 163 Å². The number of benzene rings is 1. The molecule has 2 aromatic rings. The van der Waals surface area contributed by atoms with Crippen molar-refractivity contribution in [1.29, 1.82) is 0 Å². The van der Waals surface area contributed by atoms with Crippen molar-refractivity contribution in [2.24, 2.45) is 5.92 Å². The van der Waals surface area contributed by atoms with E-state index in [1.165, 1.54) is 4.57 Å². The van der Waals surface area contributed by atoms with Crippen LogP contribution in [0.25, 0.3) is 10.9 Å². The van der Waals surface area contributed by atoms with E-state index in [0.29, 0.717) is 34.8 Å². The number of rotatable bonds is 7. The monoisotopic (exact) mass is 421 g/mol. The summed E-state index contributed by atoms with van der Waals surface area (Å²) in [5, 5.41) is 2.89. The molecule has 1 amide bonds. The molecule has 0 fully saturated rings. The Bertz CT molecular complexity index is 884. The topological polar surface area (TPSA) is 64.0 Å². The van der Waals surface area contributed by atoms with Crippen LogP contribution in [0.4, 0.5) is 13.2 Å². The highest BCUT2D eigenvalue weighted by molar-refractivity contribution is 7.99. The highest BCUT2D eigenvalue weighted by atomic mass is 35.5.